The highest BCUT2D eigenvalue weighted by molar-refractivity contribution is 5.75. The first kappa shape index (κ1) is 12.6. The van der Waals surface area contributed by atoms with Gasteiger partial charge >= 0.3 is 0 Å². The molecule has 0 spiro atoms. The molecule has 0 bridgehead atoms. The van der Waals surface area contributed by atoms with Crippen molar-refractivity contribution in [1.82, 2.24) is 15.3 Å². The third kappa shape index (κ3) is 2.23. The minimum atomic E-state index is 0.584. The number of fused-ring (bicyclic) bond motifs is 1. The molecule has 0 aliphatic rings. The molecule has 2 aromatic heterocycles. The van der Waals surface area contributed by atoms with Crippen LogP contribution in [0.2, 0.25) is 0 Å². The number of nitrogens with one attached hydrogen (secondary N) is 1. The van der Waals surface area contributed by atoms with Crippen LogP contribution in [-0.4, -0.2) is 24.1 Å². The van der Waals surface area contributed by atoms with E-state index in [4.69, 9.17) is 9.15 Å². The van der Waals surface area contributed by atoms with Crippen molar-refractivity contribution in [3.05, 3.63) is 42.3 Å². The Bertz CT molecular complexity index is 737. The first-order valence-electron chi connectivity index (χ1n) is 6.36. The number of nitrogens with zero attached hydrogens (tertiary/aromatic N) is 2. The number of hydrogen-bond acceptors (Lipinski definition) is 5. The molecule has 1 N–H and O–H groups in total. The summed E-state index contributed by atoms with van der Waals surface area (Å²) >= 11 is 0. The Morgan fingerprint density at radius 1 is 1.15 bits per heavy atom. The Labute approximate surface area is 116 Å². The second-order valence-electron chi connectivity index (χ2n) is 4.36. The highest BCUT2D eigenvalue weighted by atomic mass is 16.5. The average Bonchev–Trinajstić information content (AvgIpc) is 2.89. The van der Waals surface area contributed by atoms with Crippen LogP contribution in [0.25, 0.3) is 22.5 Å². The zero-order valence-corrected chi connectivity index (χ0v) is 11.4. The van der Waals surface area contributed by atoms with Crippen molar-refractivity contribution in [3.8, 4) is 17.0 Å². The Morgan fingerprint density at radius 3 is 2.80 bits per heavy atom. The molecule has 1 aromatic carbocycles. The van der Waals surface area contributed by atoms with Gasteiger partial charge in [0, 0.05) is 5.56 Å². The van der Waals surface area contributed by atoms with Crippen LogP contribution in [0.15, 0.2) is 40.8 Å². The second kappa shape index (κ2) is 5.30. The molecule has 0 atom stereocenters. The Balaban J connectivity index is 2.08. The Hall–Kier alpha value is -2.40. The van der Waals surface area contributed by atoms with Crippen LogP contribution in [0, 0.1) is 0 Å². The normalized spacial score (nSPS) is 10.9. The predicted molar refractivity (Wildman–Crippen MR) is 76.6 cm³/mol. The number of para-hydroxylation sites is 1. The van der Waals surface area contributed by atoms with Gasteiger partial charge in [-0.05, 0) is 31.3 Å². The zero-order chi connectivity index (χ0) is 13.9. The van der Waals surface area contributed by atoms with Gasteiger partial charge in [0.05, 0.1) is 19.3 Å². The summed E-state index contributed by atoms with van der Waals surface area (Å²) in [5.74, 6) is 1.42. The minimum Gasteiger partial charge on any atom is -0.496 e. The molecule has 3 aromatic rings. The average molecular weight is 269 g/mol. The first-order chi connectivity index (χ1) is 9.81. The quantitative estimate of drug-likeness (QED) is 0.789. The summed E-state index contributed by atoms with van der Waals surface area (Å²) in [4.78, 5) is 8.91. The zero-order valence-electron chi connectivity index (χ0n) is 11.4. The van der Waals surface area contributed by atoms with Gasteiger partial charge in [0.1, 0.15) is 5.75 Å². The van der Waals surface area contributed by atoms with E-state index >= 15 is 0 Å². The van der Waals surface area contributed by atoms with Crippen molar-refractivity contribution in [2.45, 2.75) is 6.54 Å². The van der Waals surface area contributed by atoms with E-state index in [1.54, 1.807) is 7.11 Å². The molecule has 0 amide bonds. The van der Waals surface area contributed by atoms with E-state index in [1.807, 2.05) is 43.4 Å². The van der Waals surface area contributed by atoms with Crippen molar-refractivity contribution < 1.29 is 9.15 Å². The van der Waals surface area contributed by atoms with Crippen LogP contribution in [0.3, 0.4) is 0 Å². The summed E-state index contributed by atoms with van der Waals surface area (Å²) in [7, 11) is 3.50. The fourth-order valence-electron chi connectivity index (χ4n) is 2.10. The maximum absolute atomic E-state index is 5.59. The van der Waals surface area contributed by atoms with E-state index in [9.17, 15) is 0 Å². The third-order valence-electron chi connectivity index (χ3n) is 3.01. The SMILES string of the molecule is CNCc1nc2nc(-c3ccccc3OC)ccc2o1. The van der Waals surface area contributed by atoms with E-state index < -0.39 is 0 Å². The first-order valence-corrected chi connectivity index (χ1v) is 6.36. The summed E-state index contributed by atoms with van der Waals surface area (Å²) in [6, 6.07) is 11.6. The van der Waals surface area contributed by atoms with Crippen molar-refractivity contribution in [2.75, 3.05) is 14.2 Å². The fourth-order valence-corrected chi connectivity index (χ4v) is 2.10. The lowest BCUT2D eigenvalue weighted by Crippen LogP contribution is -2.04. The maximum Gasteiger partial charge on any atom is 0.211 e. The van der Waals surface area contributed by atoms with Crippen LogP contribution in [0.5, 0.6) is 5.75 Å². The molecular weight excluding hydrogens is 254 g/mol. The van der Waals surface area contributed by atoms with E-state index in [0.717, 1.165) is 17.0 Å². The largest absolute Gasteiger partial charge is 0.496 e. The maximum atomic E-state index is 5.59. The van der Waals surface area contributed by atoms with Gasteiger partial charge in [0.15, 0.2) is 11.2 Å². The fraction of sp³-hybridized carbons (Fsp3) is 0.200. The highest BCUT2D eigenvalue weighted by Crippen LogP contribution is 2.29. The number of pyridine rings is 1. The number of methoxy groups -OCH3 is 1. The summed E-state index contributed by atoms with van der Waals surface area (Å²) in [6.45, 7) is 0.584. The van der Waals surface area contributed by atoms with Gasteiger partial charge in [-0.1, -0.05) is 12.1 Å². The number of rotatable bonds is 4. The highest BCUT2D eigenvalue weighted by Gasteiger charge is 2.10. The number of hydrogen-bond donors (Lipinski definition) is 1. The van der Waals surface area contributed by atoms with Crippen molar-refractivity contribution >= 4 is 11.2 Å². The molecular formula is C15H15N3O2. The Kier molecular flexibility index (Phi) is 3.35. The molecule has 0 fully saturated rings. The van der Waals surface area contributed by atoms with Gasteiger partial charge in [-0.3, -0.25) is 0 Å². The monoisotopic (exact) mass is 269 g/mol. The van der Waals surface area contributed by atoms with Gasteiger partial charge in [-0.2, -0.15) is 4.98 Å². The van der Waals surface area contributed by atoms with Crippen LogP contribution in [0.1, 0.15) is 5.89 Å². The lowest BCUT2D eigenvalue weighted by molar-refractivity contribution is 0.416. The smallest absolute Gasteiger partial charge is 0.211 e. The third-order valence-corrected chi connectivity index (χ3v) is 3.01. The molecule has 0 radical (unpaired) electrons. The van der Waals surface area contributed by atoms with Crippen molar-refractivity contribution in [3.63, 3.8) is 0 Å². The second-order valence-corrected chi connectivity index (χ2v) is 4.36. The summed E-state index contributed by atoms with van der Waals surface area (Å²) in [5.41, 5.74) is 3.06. The number of oxazole rings is 1. The Morgan fingerprint density at radius 2 is 2.00 bits per heavy atom. The minimum absolute atomic E-state index is 0.584. The van der Waals surface area contributed by atoms with Gasteiger partial charge in [0.25, 0.3) is 0 Å². The molecule has 0 aliphatic carbocycles. The standard InChI is InChI=1S/C15H15N3O2/c1-16-9-14-18-15-13(20-14)8-7-11(17-15)10-5-3-4-6-12(10)19-2/h3-8,16H,9H2,1-2H3. The molecule has 5 nitrogen and oxygen atoms in total. The summed E-state index contributed by atoms with van der Waals surface area (Å²) in [6.07, 6.45) is 0. The van der Waals surface area contributed by atoms with E-state index in [1.165, 1.54) is 0 Å². The number of ether oxygens (including phenoxy) is 1. The van der Waals surface area contributed by atoms with Crippen LogP contribution >= 0.6 is 0 Å². The van der Waals surface area contributed by atoms with Crippen LogP contribution < -0.4 is 10.1 Å². The van der Waals surface area contributed by atoms with Crippen molar-refractivity contribution in [2.24, 2.45) is 0 Å². The summed E-state index contributed by atoms with van der Waals surface area (Å²) in [5, 5.41) is 3.01. The van der Waals surface area contributed by atoms with Gasteiger partial charge in [-0.15, -0.1) is 0 Å². The molecule has 20 heavy (non-hydrogen) atoms. The molecule has 102 valence electrons. The summed E-state index contributed by atoms with van der Waals surface area (Å²) < 4.78 is 11.0. The van der Waals surface area contributed by atoms with Gasteiger partial charge in [0.2, 0.25) is 5.89 Å². The molecule has 0 unspecified atom stereocenters. The molecule has 3 rings (SSSR count). The molecule has 5 heteroatoms. The molecule has 0 aliphatic heterocycles. The number of benzene rings is 1. The van der Waals surface area contributed by atoms with E-state index in [2.05, 4.69) is 15.3 Å². The molecule has 0 saturated heterocycles. The predicted octanol–water partition coefficient (Wildman–Crippen LogP) is 2.62. The molecule has 2 heterocycles. The van der Waals surface area contributed by atoms with E-state index in [-0.39, 0.29) is 0 Å². The molecule has 0 saturated carbocycles. The van der Waals surface area contributed by atoms with Crippen molar-refractivity contribution in [1.29, 1.82) is 0 Å². The van der Waals surface area contributed by atoms with Gasteiger partial charge in [-0.25, -0.2) is 4.98 Å². The van der Waals surface area contributed by atoms with Crippen LogP contribution in [-0.2, 0) is 6.54 Å². The number of aromatic nitrogens is 2. The lowest BCUT2D eigenvalue weighted by atomic mass is 10.1. The van der Waals surface area contributed by atoms with Gasteiger partial charge < -0.3 is 14.5 Å². The lowest BCUT2D eigenvalue weighted by Gasteiger charge is -2.06. The van der Waals surface area contributed by atoms with Crippen LogP contribution in [0.4, 0.5) is 0 Å². The van der Waals surface area contributed by atoms with E-state index in [0.29, 0.717) is 23.7 Å². The topological polar surface area (TPSA) is 60.2 Å².